The van der Waals surface area contributed by atoms with Crippen molar-refractivity contribution in [1.82, 2.24) is 10.1 Å². The van der Waals surface area contributed by atoms with Gasteiger partial charge in [0.2, 0.25) is 11.8 Å². The molecule has 8 heteroatoms. The number of carbonyl (C=O) groups excluding carboxylic acids is 2. The quantitative estimate of drug-likeness (QED) is 0.355. The summed E-state index contributed by atoms with van der Waals surface area (Å²) in [5.41, 5.74) is 4.79. The number of rotatable bonds is 7. The molecule has 4 aromatic rings. The summed E-state index contributed by atoms with van der Waals surface area (Å²) >= 11 is 0. The predicted molar refractivity (Wildman–Crippen MR) is 158 cm³/mol. The highest BCUT2D eigenvalue weighted by Crippen LogP contribution is 2.38. The molecule has 2 unspecified atom stereocenters. The standard InChI is InChI=1S/C32H35N5O3/c1-22-20-30(38)37(23(2)32(39)33-25-8-4-3-5-9-25)28-13-12-24(21-27(22)28)14-15-35-16-18-36(19-17-35)31-26-10-6-7-11-29(26)40-34-31/h3-13,21-23H,14-20H2,1-2H3,(H,33,39). The molecule has 1 N–H and O–H groups in total. The van der Waals surface area contributed by atoms with Crippen molar-refractivity contribution < 1.29 is 14.1 Å². The number of aromatic nitrogens is 1. The van der Waals surface area contributed by atoms with E-state index >= 15 is 0 Å². The van der Waals surface area contributed by atoms with Crippen molar-refractivity contribution in [3.05, 3.63) is 83.9 Å². The Morgan fingerprint density at radius 1 is 1.02 bits per heavy atom. The van der Waals surface area contributed by atoms with Crippen LogP contribution in [0.25, 0.3) is 11.0 Å². The highest BCUT2D eigenvalue weighted by atomic mass is 16.5. The zero-order valence-electron chi connectivity index (χ0n) is 23.0. The van der Waals surface area contributed by atoms with Crippen molar-refractivity contribution in [2.75, 3.05) is 47.8 Å². The molecule has 3 aromatic carbocycles. The third-order valence-corrected chi connectivity index (χ3v) is 8.19. The van der Waals surface area contributed by atoms with E-state index in [0.29, 0.717) is 6.42 Å². The molecule has 8 nitrogen and oxygen atoms in total. The lowest BCUT2D eigenvalue weighted by molar-refractivity contribution is -0.123. The van der Waals surface area contributed by atoms with Crippen molar-refractivity contribution in [3.63, 3.8) is 0 Å². The van der Waals surface area contributed by atoms with E-state index in [1.54, 1.807) is 11.8 Å². The first-order valence-corrected chi connectivity index (χ1v) is 14.1. The number of anilines is 3. The van der Waals surface area contributed by atoms with Crippen LogP contribution in [0.2, 0.25) is 0 Å². The van der Waals surface area contributed by atoms with Gasteiger partial charge in [-0.05, 0) is 60.7 Å². The van der Waals surface area contributed by atoms with Crippen LogP contribution < -0.4 is 15.1 Å². The summed E-state index contributed by atoms with van der Waals surface area (Å²) in [6.45, 7) is 8.64. The maximum absolute atomic E-state index is 13.1. The lowest BCUT2D eigenvalue weighted by atomic mass is 9.88. The highest BCUT2D eigenvalue weighted by Gasteiger charge is 2.35. The number of carbonyl (C=O) groups is 2. The summed E-state index contributed by atoms with van der Waals surface area (Å²) in [7, 11) is 0. The molecule has 0 radical (unpaired) electrons. The van der Waals surface area contributed by atoms with Gasteiger partial charge in [-0.1, -0.05) is 54.5 Å². The van der Waals surface area contributed by atoms with Gasteiger partial charge in [-0.3, -0.25) is 19.4 Å². The Kier molecular flexibility index (Phi) is 7.26. The van der Waals surface area contributed by atoms with Crippen LogP contribution >= 0.6 is 0 Å². The molecule has 40 heavy (non-hydrogen) atoms. The van der Waals surface area contributed by atoms with E-state index in [-0.39, 0.29) is 17.7 Å². The van der Waals surface area contributed by atoms with Gasteiger partial charge in [-0.2, -0.15) is 0 Å². The van der Waals surface area contributed by atoms with Gasteiger partial charge >= 0.3 is 0 Å². The molecular formula is C32H35N5O3. The molecule has 2 aliphatic rings. The maximum Gasteiger partial charge on any atom is 0.247 e. The van der Waals surface area contributed by atoms with Crippen LogP contribution in [0.5, 0.6) is 0 Å². The summed E-state index contributed by atoms with van der Waals surface area (Å²) in [4.78, 5) is 32.6. The van der Waals surface area contributed by atoms with Crippen molar-refractivity contribution in [1.29, 1.82) is 0 Å². The molecule has 6 rings (SSSR count). The number of amides is 2. The summed E-state index contributed by atoms with van der Waals surface area (Å²) in [6, 6.07) is 23.1. The smallest absolute Gasteiger partial charge is 0.247 e. The van der Waals surface area contributed by atoms with E-state index < -0.39 is 6.04 Å². The normalized spacial score (nSPS) is 18.6. The number of hydrogen-bond acceptors (Lipinski definition) is 6. The molecule has 3 heterocycles. The molecule has 0 aliphatic carbocycles. The number of piperazine rings is 1. The first-order valence-electron chi connectivity index (χ1n) is 14.1. The average molecular weight is 538 g/mol. The summed E-state index contributed by atoms with van der Waals surface area (Å²) < 4.78 is 5.51. The van der Waals surface area contributed by atoms with E-state index in [1.165, 1.54) is 5.56 Å². The van der Waals surface area contributed by atoms with Gasteiger partial charge in [0.25, 0.3) is 0 Å². The van der Waals surface area contributed by atoms with Crippen molar-refractivity contribution in [3.8, 4) is 0 Å². The molecule has 2 amide bonds. The van der Waals surface area contributed by atoms with Crippen LogP contribution in [0, 0.1) is 0 Å². The lowest BCUT2D eigenvalue weighted by Crippen LogP contribution is -2.48. The minimum absolute atomic E-state index is 0.0128. The third-order valence-electron chi connectivity index (χ3n) is 8.19. The summed E-state index contributed by atoms with van der Waals surface area (Å²) in [6.07, 6.45) is 1.34. The molecule has 0 bridgehead atoms. The molecule has 0 saturated carbocycles. The Morgan fingerprint density at radius 2 is 1.77 bits per heavy atom. The number of nitrogens with one attached hydrogen (secondary N) is 1. The van der Waals surface area contributed by atoms with Gasteiger partial charge in [0.15, 0.2) is 11.4 Å². The highest BCUT2D eigenvalue weighted by molar-refractivity contribution is 6.06. The second-order valence-corrected chi connectivity index (χ2v) is 10.9. The van der Waals surface area contributed by atoms with Crippen LogP contribution in [0.1, 0.15) is 37.3 Å². The van der Waals surface area contributed by atoms with Crippen LogP contribution in [0.3, 0.4) is 0 Å². The SMILES string of the molecule is CC1CC(=O)N(C(C)C(=O)Nc2ccccc2)c2ccc(CCN3CCN(c4noc5ccccc45)CC3)cc21. The number of hydrogen-bond donors (Lipinski definition) is 1. The van der Waals surface area contributed by atoms with Gasteiger partial charge in [-0.25, -0.2) is 0 Å². The fourth-order valence-corrected chi connectivity index (χ4v) is 5.86. The number of benzene rings is 3. The van der Waals surface area contributed by atoms with Crippen molar-refractivity contribution >= 4 is 40.0 Å². The largest absolute Gasteiger partial charge is 0.354 e. The zero-order valence-corrected chi connectivity index (χ0v) is 23.0. The Labute approximate surface area is 234 Å². The Morgan fingerprint density at radius 3 is 2.58 bits per heavy atom. The Hall–Kier alpha value is -4.17. The maximum atomic E-state index is 13.1. The average Bonchev–Trinajstić information content (AvgIpc) is 3.41. The molecule has 0 spiro atoms. The Balaban J connectivity index is 1.09. The molecule has 2 atom stereocenters. The fraction of sp³-hybridized carbons (Fsp3) is 0.344. The number of nitrogens with zero attached hydrogens (tertiary/aromatic N) is 4. The first-order chi connectivity index (χ1) is 19.5. The monoisotopic (exact) mass is 537 g/mol. The van der Waals surface area contributed by atoms with Gasteiger partial charge in [-0.15, -0.1) is 0 Å². The van der Waals surface area contributed by atoms with Gasteiger partial charge in [0, 0.05) is 50.5 Å². The fourth-order valence-electron chi connectivity index (χ4n) is 5.86. The van der Waals surface area contributed by atoms with E-state index in [1.807, 2.05) is 54.6 Å². The van der Waals surface area contributed by atoms with Crippen LogP contribution in [-0.4, -0.2) is 60.6 Å². The van der Waals surface area contributed by atoms with E-state index in [0.717, 1.165) is 72.9 Å². The van der Waals surface area contributed by atoms with Gasteiger partial charge in [0.05, 0.1) is 5.39 Å². The minimum Gasteiger partial charge on any atom is -0.354 e. The Bertz CT molecular complexity index is 1510. The number of fused-ring (bicyclic) bond motifs is 2. The topological polar surface area (TPSA) is 81.9 Å². The van der Waals surface area contributed by atoms with E-state index in [9.17, 15) is 9.59 Å². The molecular weight excluding hydrogens is 502 g/mol. The second-order valence-electron chi connectivity index (χ2n) is 10.9. The zero-order chi connectivity index (χ0) is 27.6. The molecule has 206 valence electrons. The number of para-hydroxylation sites is 2. The van der Waals surface area contributed by atoms with E-state index in [2.05, 4.69) is 45.4 Å². The van der Waals surface area contributed by atoms with Crippen molar-refractivity contribution in [2.24, 2.45) is 0 Å². The lowest BCUT2D eigenvalue weighted by Gasteiger charge is -2.37. The first kappa shape index (κ1) is 26.1. The third kappa shape index (κ3) is 5.19. The van der Waals surface area contributed by atoms with Gasteiger partial charge in [0.1, 0.15) is 6.04 Å². The predicted octanol–water partition coefficient (Wildman–Crippen LogP) is 5.06. The molecule has 1 saturated heterocycles. The van der Waals surface area contributed by atoms with Crippen LogP contribution in [-0.2, 0) is 16.0 Å². The van der Waals surface area contributed by atoms with Gasteiger partial charge < -0.3 is 14.7 Å². The molecule has 2 aliphatic heterocycles. The molecule has 1 aromatic heterocycles. The second kappa shape index (κ2) is 11.1. The minimum atomic E-state index is -0.608. The van der Waals surface area contributed by atoms with E-state index in [4.69, 9.17) is 4.52 Å². The molecule has 1 fully saturated rings. The summed E-state index contributed by atoms with van der Waals surface area (Å²) in [5.74, 6) is 0.844. The van der Waals surface area contributed by atoms with Crippen LogP contribution in [0.4, 0.5) is 17.2 Å². The van der Waals surface area contributed by atoms with Crippen molar-refractivity contribution in [2.45, 2.75) is 38.6 Å². The summed E-state index contributed by atoms with van der Waals surface area (Å²) in [5, 5.41) is 8.33. The van der Waals surface area contributed by atoms with Crippen LogP contribution in [0.15, 0.2) is 77.3 Å².